The van der Waals surface area contributed by atoms with Crippen LogP contribution in [0.15, 0.2) is 17.3 Å². The highest BCUT2D eigenvalue weighted by Gasteiger charge is 2.29. The Morgan fingerprint density at radius 2 is 2.24 bits per heavy atom. The molecule has 2 N–H and O–H groups in total. The molecule has 1 aromatic heterocycles. The lowest BCUT2D eigenvalue weighted by atomic mass is 10.2. The summed E-state index contributed by atoms with van der Waals surface area (Å²) in [5.41, 5.74) is 0. The number of nitrogens with zero attached hydrogens (tertiary/aromatic N) is 1. The van der Waals surface area contributed by atoms with Gasteiger partial charge in [-0.05, 0) is 18.9 Å². The van der Waals surface area contributed by atoms with Crippen molar-refractivity contribution < 1.29 is 16.8 Å². The van der Waals surface area contributed by atoms with Gasteiger partial charge in [-0.3, -0.25) is 5.10 Å². The van der Waals surface area contributed by atoms with E-state index in [-0.39, 0.29) is 16.5 Å². The monoisotopic (exact) mass is 279 g/mol. The molecule has 0 saturated carbocycles. The van der Waals surface area contributed by atoms with E-state index in [2.05, 4.69) is 14.9 Å². The van der Waals surface area contributed by atoms with Gasteiger partial charge in [0.15, 0.2) is 14.9 Å². The standard InChI is InChI=1S/C8H13N3O4S2/c12-16(13)5-1-2-7(6-16)11-17(14,15)8-3-4-9-10-8/h3-4,7,11H,1-2,5-6H2,(H,9,10). The molecule has 0 spiro atoms. The molecule has 1 aliphatic rings. The fourth-order valence-electron chi connectivity index (χ4n) is 1.79. The molecular weight excluding hydrogens is 266 g/mol. The summed E-state index contributed by atoms with van der Waals surface area (Å²) < 4.78 is 48.7. The van der Waals surface area contributed by atoms with Gasteiger partial charge >= 0.3 is 0 Å². The number of aromatic nitrogens is 2. The summed E-state index contributed by atoms with van der Waals surface area (Å²) in [5, 5.41) is 5.83. The van der Waals surface area contributed by atoms with Crippen molar-refractivity contribution in [2.75, 3.05) is 11.5 Å². The number of nitrogens with one attached hydrogen (secondary N) is 2. The molecule has 9 heteroatoms. The van der Waals surface area contributed by atoms with Gasteiger partial charge in [0.1, 0.15) is 0 Å². The van der Waals surface area contributed by atoms with Gasteiger partial charge in [0.25, 0.3) is 10.0 Å². The largest absolute Gasteiger partial charge is 0.266 e. The lowest BCUT2D eigenvalue weighted by molar-refractivity contribution is 0.515. The van der Waals surface area contributed by atoms with Crippen LogP contribution in [0.1, 0.15) is 12.8 Å². The highest BCUT2D eigenvalue weighted by atomic mass is 32.2. The minimum absolute atomic E-state index is 0.0551. The molecule has 1 aromatic rings. The number of H-pyrrole nitrogens is 1. The summed E-state index contributed by atoms with van der Waals surface area (Å²) in [6.07, 6.45) is 2.34. The van der Waals surface area contributed by atoms with E-state index in [4.69, 9.17) is 0 Å². The third-order valence-corrected chi connectivity index (χ3v) is 5.82. The first-order valence-electron chi connectivity index (χ1n) is 5.11. The summed E-state index contributed by atoms with van der Waals surface area (Å²) in [5.74, 6) is -0.00431. The van der Waals surface area contributed by atoms with Gasteiger partial charge in [-0.25, -0.2) is 21.6 Å². The van der Waals surface area contributed by atoms with Gasteiger partial charge in [-0.2, -0.15) is 5.10 Å². The third-order valence-electron chi connectivity index (χ3n) is 2.55. The Kier molecular flexibility index (Phi) is 3.23. The van der Waals surface area contributed by atoms with E-state index in [0.717, 1.165) is 0 Å². The van der Waals surface area contributed by atoms with Gasteiger partial charge in [0.05, 0.1) is 17.7 Å². The first-order chi connectivity index (χ1) is 7.89. The molecule has 1 unspecified atom stereocenters. The Labute approximate surface area is 99.6 Å². The summed E-state index contributed by atoms with van der Waals surface area (Å²) in [7, 11) is -6.83. The van der Waals surface area contributed by atoms with Crippen LogP contribution < -0.4 is 4.72 Å². The van der Waals surface area contributed by atoms with Crippen LogP contribution in [-0.4, -0.2) is 44.6 Å². The van der Waals surface area contributed by atoms with Crippen molar-refractivity contribution in [2.45, 2.75) is 23.9 Å². The topological polar surface area (TPSA) is 109 Å². The average Bonchev–Trinajstić information content (AvgIpc) is 2.67. The van der Waals surface area contributed by atoms with Crippen LogP contribution in [0.25, 0.3) is 0 Å². The SMILES string of the molecule is O=S1(=O)CCCC(NS(=O)(=O)c2ccn[nH]2)C1. The second kappa shape index (κ2) is 4.39. The molecule has 1 fully saturated rings. The van der Waals surface area contributed by atoms with Gasteiger partial charge in [-0.1, -0.05) is 0 Å². The fourth-order valence-corrected chi connectivity index (χ4v) is 4.71. The van der Waals surface area contributed by atoms with E-state index < -0.39 is 25.9 Å². The van der Waals surface area contributed by atoms with Crippen LogP contribution in [0.5, 0.6) is 0 Å². The molecule has 17 heavy (non-hydrogen) atoms. The van der Waals surface area contributed by atoms with E-state index in [1.807, 2.05) is 0 Å². The predicted octanol–water partition coefficient (Wildman–Crippen LogP) is -0.735. The third kappa shape index (κ3) is 3.05. The summed E-state index contributed by atoms with van der Waals surface area (Å²) in [4.78, 5) is 0. The Morgan fingerprint density at radius 1 is 1.47 bits per heavy atom. The summed E-state index contributed by atoms with van der Waals surface area (Å²) in [6, 6.07) is 0.765. The zero-order valence-electron chi connectivity index (χ0n) is 8.96. The molecular formula is C8H13N3O4S2. The number of sulfone groups is 1. The van der Waals surface area contributed by atoms with E-state index in [0.29, 0.717) is 12.8 Å². The summed E-state index contributed by atoms with van der Waals surface area (Å²) in [6.45, 7) is 0. The van der Waals surface area contributed by atoms with E-state index in [9.17, 15) is 16.8 Å². The lowest BCUT2D eigenvalue weighted by Crippen LogP contribution is -2.43. The maximum Gasteiger partial charge on any atom is 0.257 e. The molecule has 1 saturated heterocycles. The number of rotatable bonds is 3. The maximum atomic E-state index is 11.8. The number of hydrogen-bond acceptors (Lipinski definition) is 5. The van der Waals surface area contributed by atoms with E-state index in [1.165, 1.54) is 12.3 Å². The first-order valence-corrected chi connectivity index (χ1v) is 8.42. The Balaban J connectivity index is 2.12. The van der Waals surface area contributed by atoms with Gasteiger partial charge in [0, 0.05) is 6.04 Å². The van der Waals surface area contributed by atoms with E-state index in [1.54, 1.807) is 0 Å². The molecule has 96 valence electrons. The second-order valence-corrected chi connectivity index (χ2v) is 7.91. The van der Waals surface area contributed by atoms with Crippen LogP contribution in [0, 0.1) is 0 Å². The quantitative estimate of drug-likeness (QED) is 0.758. The Hall–Kier alpha value is -0.930. The van der Waals surface area contributed by atoms with Crippen LogP contribution in [0.2, 0.25) is 0 Å². The van der Waals surface area contributed by atoms with Gasteiger partial charge in [0.2, 0.25) is 0 Å². The molecule has 0 radical (unpaired) electrons. The van der Waals surface area contributed by atoms with Crippen molar-refractivity contribution >= 4 is 19.9 Å². The van der Waals surface area contributed by atoms with Crippen LogP contribution >= 0.6 is 0 Å². The van der Waals surface area contributed by atoms with Crippen molar-refractivity contribution in [3.05, 3.63) is 12.3 Å². The molecule has 0 aromatic carbocycles. The van der Waals surface area contributed by atoms with Gasteiger partial charge in [-0.15, -0.1) is 0 Å². The molecule has 1 aliphatic heterocycles. The minimum Gasteiger partial charge on any atom is -0.266 e. The summed E-state index contributed by atoms with van der Waals surface area (Å²) >= 11 is 0. The van der Waals surface area contributed by atoms with Crippen molar-refractivity contribution in [3.8, 4) is 0 Å². The smallest absolute Gasteiger partial charge is 0.257 e. The van der Waals surface area contributed by atoms with Crippen LogP contribution in [-0.2, 0) is 19.9 Å². The van der Waals surface area contributed by atoms with Crippen molar-refractivity contribution in [2.24, 2.45) is 0 Å². The fraction of sp³-hybridized carbons (Fsp3) is 0.625. The first kappa shape index (κ1) is 12.5. The van der Waals surface area contributed by atoms with Crippen LogP contribution in [0.3, 0.4) is 0 Å². The lowest BCUT2D eigenvalue weighted by Gasteiger charge is -2.22. The van der Waals surface area contributed by atoms with Crippen LogP contribution in [0.4, 0.5) is 0 Å². The zero-order valence-corrected chi connectivity index (χ0v) is 10.6. The van der Waals surface area contributed by atoms with Crippen molar-refractivity contribution in [1.82, 2.24) is 14.9 Å². The zero-order chi connectivity index (χ0) is 12.5. The molecule has 2 rings (SSSR count). The van der Waals surface area contributed by atoms with Crippen molar-refractivity contribution in [3.63, 3.8) is 0 Å². The minimum atomic E-state index is -3.70. The predicted molar refractivity (Wildman–Crippen MR) is 60.6 cm³/mol. The Morgan fingerprint density at radius 3 is 2.82 bits per heavy atom. The normalized spacial score (nSPS) is 24.6. The average molecular weight is 279 g/mol. The highest BCUT2D eigenvalue weighted by molar-refractivity contribution is 7.91. The highest BCUT2D eigenvalue weighted by Crippen LogP contribution is 2.14. The van der Waals surface area contributed by atoms with Crippen molar-refractivity contribution in [1.29, 1.82) is 0 Å². The molecule has 2 heterocycles. The number of aromatic amines is 1. The second-order valence-electron chi connectivity index (χ2n) is 4.00. The molecule has 7 nitrogen and oxygen atoms in total. The van der Waals surface area contributed by atoms with E-state index >= 15 is 0 Å². The molecule has 1 atom stereocenters. The Bertz CT molecular complexity index is 576. The molecule has 0 amide bonds. The number of sulfonamides is 1. The maximum absolute atomic E-state index is 11.8. The molecule has 0 aliphatic carbocycles. The van der Waals surface area contributed by atoms with Gasteiger partial charge < -0.3 is 0 Å². The number of hydrogen-bond donors (Lipinski definition) is 2. The molecule has 0 bridgehead atoms.